The summed E-state index contributed by atoms with van der Waals surface area (Å²) < 4.78 is 5.17. The SMILES string of the molecule is COc1ccc2cc(C(=O)NNC(=O)c3cccc(N(C)C)c3)[nH]c2c1. The molecule has 3 aromatic rings. The van der Waals surface area contributed by atoms with E-state index < -0.39 is 5.91 Å². The second-order valence-electron chi connectivity index (χ2n) is 5.99. The number of benzene rings is 2. The van der Waals surface area contributed by atoms with Crippen molar-refractivity contribution in [3.63, 3.8) is 0 Å². The predicted octanol–water partition coefficient (Wildman–Crippen LogP) is 2.32. The average Bonchev–Trinajstić information content (AvgIpc) is 3.09. The molecule has 134 valence electrons. The molecule has 0 bridgehead atoms. The van der Waals surface area contributed by atoms with E-state index in [1.54, 1.807) is 37.4 Å². The lowest BCUT2D eigenvalue weighted by Gasteiger charge is -2.13. The van der Waals surface area contributed by atoms with Gasteiger partial charge in [0.2, 0.25) is 0 Å². The fourth-order valence-corrected chi connectivity index (χ4v) is 2.53. The minimum absolute atomic E-state index is 0.343. The molecular weight excluding hydrogens is 332 g/mol. The van der Waals surface area contributed by atoms with Gasteiger partial charge in [0.25, 0.3) is 11.8 Å². The van der Waals surface area contributed by atoms with E-state index in [1.165, 1.54) is 0 Å². The molecule has 1 aromatic heterocycles. The number of hydrazine groups is 1. The normalized spacial score (nSPS) is 10.4. The number of carbonyl (C=O) groups excluding carboxylic acids is 2. The van der Waals surface area contributed by atoms with E-state index in [4.69, 9.17) is 4.74 Å². The zero-order chi connectivity index (χ0) is 18.7. The number of rotatable bonds is 4. The highest BCUT2D eigenvalue weighted by Gasteiger charge is 2.12. The van der Waals surface area contributed by atoms with Gasteiger partial charge in [-0.05, 0) is 36.4 Å². The Morgan fingerprint density at radius 2 is 1.77 bits per heavy atom. The number of H-pyrrole nitrogens is 1. The van der Waals surface area contributed by atoms with Crippen LogP contribution in [0.25, 0.3) is 10.9 Å². The molecule has 0 spiro atoms. The first-order valence-corrected chi connectivity index (χ1v) is 8.03. The van der Waals surface area contributed by atoms with Gasteiger partial charge in [0.05, 0.1) is 7.11 Å². The van der Waals surface area contributed by atoms with Gasteiger partial charge in [0, 0.05) is 42.3 Å². The maximum absolute atomic E-state index is 12.3. The van der Waals surface area contributed by atoms with E-state index in [0.29, 0.717) is 17.0 Å². The molecule has 0 saturated carbocycles. The van der Waals surface area contributed by atoms with E-state index in [1.807, 2.05) is 37.2 Å². The van der Waals surface area contributed by atoms with Crippen LogP contribution in [0.4, 0.5) is 5.69 Å². The molecule has 2 aromatic carbocycles. The zero-order valence-corrected chi connectivity index (χ0v) is 14.8. The summed E-state index contributed by atoms with van der Waals surface area (Å²) in [7, 11) is 5.37. The molecule has 0 fully saturated rings. The summed E-state index contributed by atoms with van der Waals surface area (Å²) in [6.07, 6.45) is 0. The van der Waals surface area contributed by atoms with E-state index in [0.717, 1.165) is 16.6 Å². The largest absolute Gasteiger partial charge is 0.497 e. The van der Waals surface area contributed by atoms with Crippen molar-refractivity contribution in [2.75, 3.05) is 26.1 Å². The quantitative estimate of drug-likeness (QED) is 0.629. The summed E-state index contributed by atoms with van der Waals surface area (Å²) >= 11 is 0. The molecule has 26 heavy (non-hydrogen) atoms. The standard InChI is InChI=1S/C19H20N4O3/c1-23(2)14-6-4-5-13(9-14)18(24)21-22-19(25)17-10-12-7-8-15(26-3)11-16(12)20-17/h4-11,20H,1-3H3,(H,21,24)(H,22,25). The van der Waals surface area contributed by atoms with Crippen molar-refractivity contribution in [3.8, 4) is 5.75 Å². The second kappa shape index (κ2) is 7.18. The summed E-state index contributed by atoms with van der Waals surface area (Å²) in [5, 5.41) is 0.876. The van der Waals surface area contributed by atoms with Crippen molar-refractivity contribution >= 4 is 28.4 Å². The fourth-order valence-electron chi connectivity index (χ4n) is 2.53. The van der Waals surface area contributed by atoms with Crippen LogP contribution in [0, 0.1) is 0 Å². The maximum Gasteiger partial charge on any atom is 0.286 e. The molecule has 0 unspecified atom stereocenters. The highest BCUT2D eigenvalue weighted by molar-refractivity contribution is 6.01. The summed E-state index contributed by atoms with van der Waals surface area (Å²) in [6.45, 7) is 0. The number of methoxy groups -OCH3 is 1. The maximum atomic E-state index is 12.3. The number of anilines is 1. The first-order valence-electron chi connectivity index (χ1n) is 8.03. The molecule has 0 atom stereocenters. The third-order valence-electron chi connectivity index (χ3n) is 3.99. The molecular formula is C19H20N4O3. The molecule has 0 radical (unpaired) electrons. The van der Waals surface area contributed by atoms with Gasteiger partial charge in [0.1, 0.15) is 11.4 Å². The highest BCUT2D eigenvalue weighted by Crippen LogP contribution is 2.21. The van der Waals surface area contributed by atoms with Crippen LogP contribution in [0.15, 0.2) is 48.5 Å². The average molecular weight is 352 g/mol. The number of amides is 2. The van der Waals surface area contributed by atoms with Crippen molar-refractivity contribution in [3.05, 3.63) is 59.8 Å². The first-order chi connectivity index (χ1) is 12.5. The number of ether oxygens (including phenoxy) is 1. The molecule has 1 heterocycles. The van der Waals surface area contributed by atoms with Crippen LogP contribution in [0.2, 0.25) is 0 Å². The minimum atomic E-state index is -0.433. The Balaban J connectivity index is 1.68. The molecule has 0 aliphatic rings. The number of hydrogen-bond acceptors (Lipinski definition) is 4. The minimum Gasteiger partial charge on any atom is -0.497 e. The Kier molecular flexibility index (Phi) is 4.79. The van der Waals surface area contributed by atoms with Crippen LogP contribution < -0.4 is 20.5 Å². The molecule has 0 aliphatic heterocycles. The summed E-state index contributed by atoms with van der Waals surface area (Å²) in [6, 6.07) is 14.3. The van der Waals surface area contributed by atoms with E-state index in [-0.39, 0.29) is 5.91 Å². The van der Waals surface area contributed by atoms with Crippen LogP contribution in [-0.4, -0.2) is 38.0 Å². The van der Waals surface area contributed by atoms with Gasteiger partial charge in [-0.1, -0.05) is 6.07 Å². The van der Waals surface area contributed by atoms with Gasteiger partial charge >= 0.3 is 0 Å². The topological polar surface area (TPSA) is 86.5 Å². The van der Waals surface area contributed by atoms with Crippen molar-refractivity contribution in [1.82, 2.24) is 15.8 Å². The third-order valence-corrected chi connectivity index (χ3v) is 3.99. The highest BCUT2D eigenvalue weighted by atomic mass is 16.5. The fraction of sp³-hybridized carbons (Fsp3) is 0.158. The Morgan fingerprint density at radius 1 is 1.00 bits per heavy atom. The Hall–Kier alpha value is -3.48. The van der Waals surface area contributed by atoms with Crippen molar-refractivity contribution < 1.29 is 14.3 Å². The summed E-state index contributed by atoms with van der Waals surface area (Å²) in [5.41, 5.74) is 7.32. The van der Waals surface area contributed by atoms with Crippen molar-refractivity contribution in [1.29, 1.82) is 0 Å². The van der Waals surface area contributed by atoms with Crippen LogP contribution in [-0.2, 0) is 0 Å². The zero-order valence-electron chi connectivity index (χ0n) is 14.8. The van der Waals surface area contributed by atoms with E-state index in [9.17, 15) is 9.59 Å². The van der Waals surface area contributed by atoms with Crippen LogP contribution in [0.5, 0.6) is 5.75 Å². The number of nitrogens with one attached hydrogen (secondary N) is 3. The van der Waals surface area contributed by atoms with Gasteiger partial charge in [-0.2, -0.15) is 0 Å². The number of fused-ring (bicyclic) bond motifs is 1. The second-order valence-corrected chi connectivity index (χ2v) is 5.99. The van der Waals surface area contributed by atoms with E-state index >= 15 is 0 Å². The number of aromatic amines is 1. The first kappa shape index (κ1) is 17.3. The Labute approximate surface area is 150 Å². The lowest BCUT2D eigenvalue weighted by molar-refractivity contribution is 0.0844. The Morgan fingerprint density at radius 3 is 2.50 bits per heavy atom. The van der Waals surface area contributed by atoms with Crippen LogP contribution in [0.3, 0.4) is 0 Å². The molecule has 7 heteroatoms. The third kappa shape index (κ3) is 3.61. The van der Waals surface area contributed by atoms with Gasteiger partial charge < -0.3 is 14.6 Å². The van der Waals surface area contributed by atoms with Gasteiger partial charge in [-0.3, -0.25) is 20.4 Å². The lowest BCUT2D eigenvalue weighted by atomic mass is 10.2. The number of nitrogens with zero attached hydrogens (tertiary/aromatic N) is 1. The van der Waals surface area contributed by atoms with Gasteiger partial charge in [-0.25, -0.2) is 0 Å². The number of carbonyl (C=O) groups is 2. The number of hydrogen-bond donors (Lipinski definition) is 3. The molecule has 3 N–H and O–H groups in total. The molecule has 3 rings (SSSR count). The van der Waals surface area contributed by atoms with Crippen LogP contribution in [0.1, 0.15) is 20.8 Å². The summed E-state index contributed by atoms with van der Waals surface area (Å²) in [4.78, 5) is 29.4. The molecule has 7 nitrogen and oxygen atoms in total. The van der Waals surface area contributed by atoms with E-state index in [2.05, 4.69) is 15.8 Å². The lowest BCUT2D eigenvalue weighted by Crippen LogP contribution is -2.41. The molecule has 2 amide bonds. The van der Waals surface area contributed by atoms with Crippen LogP contribution >= 0.6 is 0 Å². The van der Waals surface area contributed by atoms with Crippen molar-refractivity contribution in [2.24, 2.45) is 0 Å². The summed E-state index contributed by atoms with van der Waals surface area (Å²) in [5.74, 6) is -0.127. The molecule has 0 aliphatic carbocycles. The molecule has 0 saturated heterocycles. The Bertz CT molecular complexity index is 962. The van der Waals surface area contributed by atoms with Gasteiger partial charge in [0.15, 0.2) is 0 Å². The monoisotopic (exact) mass is 352 g/mol. The smallest absolute Gasteiger partial charge is 0.286 e. The number of aromatic nitrogens is 1. The van der Waals surface area contributed by atoms with Crippen molar-refractivity contribution in [2.45, 2.75) is 0 Å². The predicted molar refractivity (Wildman–Crippen MR) is 101 cm³/mol. The van der Waals surface area contributed by atoms with Gasteiger partial charge in [-0.15, -0.1) is 0 Å².